The lowest BCUT2D eigenvalue weighted by Gasteiger charge is -2.26. The highest BCUT2D eigenvalue weighted by Gasteiger charge is 2.22. The highest BCUT2D eigenvalue weighted by atomic mass is 79.9. The zero-order valence-corrected chi connectivity index (χ0v) is 25.8. The Morgan fingerprint density at radius 2 is 1.98 bits per heavy atom. The van der Waals surface area contributed by atoms with Crippen molar-refractivity contribution < 1.29 is 23.5 Å². The van der Waals surface area contributed by atoms with Crippen LogP contribution in [0.5, 0.6) is 5.75 Å². The minimum absolute atomic E-state index is 0.0671. The molecule has 0 aliphatic carbocycles. The zero-order valence-electron chi connectivity index (χ0n) is 22.7. The van der Waals surface area contributed by atoms with Crippen molar-refractivity contribution in [3.8, 4) is 11.8 Å². The first kappa shape index (κ1) is 30.8. The number of rotatable bonds is 9. The van der Waals surface area contributed by atoms with Crippen LogP contribution in [-0.4, -0.2) is 64.5 Å². The number of hydrogen-bond acceptors (Lipinski definition) is 8. The van der Waals surface area contributed by atoms with Gasteiger partial charge in [0.1, 0.15) is 46.3 Å². The number of pyridine rings is 2. The molecule has 4 heterocycles. The molecule has 0 radical (unpaired) electrons. The van der Waals surface area contributed by atoms with Crippen molar-refractivity contribution in [1.29, 1.82) is 5.26 Å². The van der Waals surface area contributed by atoms with Gasteiger partial charge in [-0.1, -0.05) is 23.2 Å². The molecule has 0 spiro atoms. The van der Waals surface area contributed by atoms with Gasteiger partial charge in [-0.25, -0.2) is 14.4 Å². The molecule has 1 aromatic carbocycles. The Hall–Kier alpha value is -3.60. The molecule has 14 heteroatoms. The number of morpholine rings is 1. The second-order valence-corrected chi connectivity index (χ2v) is 11.4. The maximum absolute atomic E-state index is 13.7. The van der Waals surface area contributed by atoms with Crippen LogP contribution in [0.15, 0.2) is 41.1 Å². The molecule has 1 aliphatic heterocycles. The number of nitrogens with one attached hydrogen (secondary N) is 1. The van der Waals surface area contributed by atoms with Gasteiger partial charge in [-0.2, -0.15) is 5.26 Å². The van der Waals surface area contributed by atoms with Gasteiger partial charge >= 0.3 is 0 Å². The number of amides is 1. The fraction of sp³-hybridized carbons (Fsp3) is 0.276. The van der Waals surface area contributed by atoms with Crippen LogP contribution in [0, 0.1) is 17.1 Å². The molecule has 1 fully saturated rings. The topological polar surface area (TPSA) is 122 Å². The third-order valence-electron chi connectivity index (χ3n) is 6.93. The van der Waals surface area contributed by atoms with Crippen molar-refractivity contribution >= 4 is 68.2 Å². The van der Waals surface area contributed by atoms with Gasteiger partial charge in [0.25, 0.3) is 5.91 Å². The van der Waals surface area contributed by atoms with E-state index in [2.05, 4.69) is 36.1 Å². The summed E-state index contributed by atoms with van der Waals surface area (Å²) in [6.45, 7) is 5.93. The average Bonchev–Trinajstić information content (AvgIpc) is 3.33. The largest absolute Gasteiger partial charge is 0.484 e. The molecule has 3 aromatic heterocycles. The van der Waals surface area contributed by atoms with Crippen LogP contribution in [0.25, 0.3) is 11.0 Å². The van der Waals surface area contributed by atoms with Crippen LogP contribution in [0.4, 0.5) is 10.2 Å². The highest BCUT2D eigenvalue weighted by Crippen LogP contribution is 2.35. The first-order valence-corrected chi connectivity index (χ1v) is 14.7. The lowest BCUT2D eigenvalue weighted by molar-refractivity contribution is 0.0365. The highest BCUT2D eigenvalue weighted by molar-refractivity contribution is 9.10. The molecule has 0 bridgehead atoms. The molecule has 4 aromatic rings. The fourth-order valence-corrected chi connectivity index (χ4v) is 5.93. The quantitative estimate of drug-likeness (QED) is 0.211. The Morgan fingerprint density at radius 3 is 2.65 bits per heavy atom. The minimum atomic E-state index is -0.771. The number of anilines is 1. The molecule has 1 atom stereocenters. The van der Waals surface area contributed by atoms with Crippen molar-refractivity contribution in [2.75, 3.05) is 38.2 Å². The number of ether oxygens (including phenoxy) is 2. The molecular weight excluding hydrogens is 666 g/mol. The standard InChI is InChI=1S/C29H24BrCl2FN6O4/c1-16(27-21(31)8-18(33)9-22(27)32)43-25-11-26(35-13-17(25)12-34)37-29(41)19-14-39(3-2-38-4-6-42-7-5-38)24-10-20(30)23(15-40)36-28(19)24/h8-11,13-16H,2-7H2,1H3,(H,35,37,41). The number of aldehydes is 1. The molecule has 0 saturated carbocycles. The summed E-state index contributed by atoms with van der Waals surface area (Å²) in [6.07, 6.45) is 2.79. The van der Waals surface area contributed by atoms with Gasteiger partial charge in [0.15, 0.2) is 6.29 Å². The molecule has 222 valence electrons. The van der Waals surface area contributed by atoms with Gasteiger partial charge in [-0.15, -0.1) is 0 Å². The minimum Gasteiger partial charge on any atom is -0.484 e. The number of nitrogens with zero attached hydrogens (tertiary/aromatic N) is 5. The van der Waals surface area contributed by atoms with Crippen molar-refractivity contribution in [2.24, 2.45) is 0 Å². The Kier molecular flexibility index (Phi) is 9.59. The monoisotopic (exact) mass is 688 g/mol. The van der Waals surface area contributed by atoms with E-state index >= 15 is 0 Å². The number of halogens is 4. The molecule has 1 saturated heterocycles. The fourth-order valence-electron chi connectivity index (χ4n) is 4.77. The van der Waals surface area contributed by atoms with Crippen molar-refractivity contribution in [3.63, 3.8) is 0 Å². The predicted molar refractivity (Wildman–Crippen MR) is 162 cm³/mol. The number of fused-ring (bicyclic) bond motifs is 1. The molecule has 1 N–H and O–H groups in total. The summed E-state index contributed by atoms with van der Waals surface area (Å²) in [7, 11) is 0. The van der Waals surface area contributed by atoms with E-state index in [1.165, 1.54) is 12.3 Å². The normalized spacial score (nSPS) is 14.3. The summed E-state index contributed by atoms with van der Waals surface area (Å²) in [4.78, 5) is 36.1. The Balaban J connectivity index is 1.42. The lowest BCUT2D eigenvalue weighted by atomic mass is 10.1. The number of benzene rings is 1. The molecule has 1 unspecified atom stereocenters. The summed E-state index contributed by atoms with van der Waals surface area (Å²) in [5.41, 5.74) is 1.86. The number of aromatic nitrogens is 3. The molecule has 10 nitrogen and oxygen atoms in total. The third kappa shape index (κ3) is 6.82. The predicted octanol–water partition coefficient (Wildman–Crippen LogP) is 6.05. The molecule has 43 heavy (non-hydrogen) atoms. The first-order valence-electron chi connectivity index (χ1n) is 13.2. The van der Waals surface area contributed by atoms with Gasteiger partial charge in [0.05, 0.1) is 40.5 Å². The van der Waals surface area contributed by atoms with Crippen LogP contribution >= 0.6 is 39.1 Å². The van der Waals surface area contributed by atoms with E-state index in [-0.39, 0.29) is 38.4 Å². The van der Waals surface area contributed by atoms with E-state index in [0.717, 1.165) is 31.8 Å². The number of carbonyl (C=O) groups excluding carboxylic acids is 2. The van der Waals surface area contributed by atoms with Gasteiger partial charge in [-0.05, 0) is 41.1 Å². The van der Waals surface area contributed by atoms with Crippen LogP contribution in [0.1, 0.15) is 45.0 Å². The molecular formula is C29H24BrCl2FN6O4. The maximum atomic E-state index is 13.7. The van der Waals surface area contributed by atoms with E-state index in [1.807, 2.05) is 10.6 Å². The van der Waals surface area contributed by atoms with Crippen LogP contribution in [0.3, 0.4) is 0 Å². The van der Waals surface area contributed by atoms with Crippen LogP contribution in [-0.2, 0) is 11.3 Å². The molecule has 5 rings (SSSR count). The third-order valence-corrected chi connectivity index (χ3v) is 8.19. The van der Waals surface area contributed by atoms with Crippen molar-refractivity contribution in [3.05, 3.63) is 79.4 Å². The summed E-state index contributed by atoms with van der Waals surface area (Å²) in [5, 5.41) is 12.5. The van der Waals surface area contributed by atoms with Gasteiger partial charge in [0, 0.05) is 48.5 Å². The lowest BCUT2D eigenvalue weighted by Crippen LogP contribution is -2.38. The molecule has 1 aliphatic rings. The van der Waals surface area contributed by atoms with Crippen LogP contribution in [0.2, 0.25) is 10.0 Å². The summed E-state index contributed by atoms with van der Waals surface area (Å²) in [6, 6.07) is 7.40. The van der Waals surface area contributed by atoms with Gasteiger partial charge < -0.3 is 19.4 Å². The van der Waals surface area contributed by atoms with E-state index in [0.29, 0.717) is 47.1 Å². The van der Waals surface area contributed by atoms with Gasteiger partial charge in [0.2, 0.25) is 0 Å². The van der Waals surface area contributed by atoms with E-state index < -0.39 is 17.8 Å². The van der Waals surface area contributed by atoms with Crippen LogP contribution < -0.4 is 10.1 Å². The molecule has 1 amide bonds. The average molecular weight is 690 g/mol. The van der Waals surface area contributed by atoms with Gasteiger partial charge in [-0.3, -0.25) is 14.5 Å². The SMILES string of the molecule is CC(Oc1cc(NC(=O)c2cn(CCN3CCOCC3)c3cc(Br)c(C=O)nc23)ncc1C#N)c1c(Cl)cc(F)cc1Cl. The second kappa shape index (κ2) is 13.4. The number of carbonyl (C=O) groups is 2. The smallest absolute Gasteiger partial charge is 0.260 e. The van der Waals surface area contributed by atoms with E-state index in [9.17, 15) is 19.2 Å². The first-order chi connectivity index (χ1) is 20.7. The number of hydrogen-bond donors (Lipinski definition) is 1. The summed E-state index contributed by atoms with van der Waals surface area (Å²) in [5.74, 6) is -0.913. The maximum Gasteiger partial charge on any atom is 0.260 e. The van der Waals surface area contributed by atoms with E-state index in [1.54, 1.807) is 19.2 Å². The second-order valence-electron chi connectivity index (χ2n) is 9.71. The van der Waals surface area contributed by atoms with Crippen molar-refractivity contribution in [1.82, 2.24) is 19.4 Å². The zero-order chi connectivity index (χ0) is 30.7. The van der Waals surface area contributed by atoms with E-state index in [4.69, 9.17) is 32.7 Å². The Labute approximate surface area is 264 Å². The Morgan fingerprint density at radius 1 is 1.26 bits per heavy atom. The van der Waals surface area contributed by atoms with Crippen molar-refractivity contribution in [2.45, 2.75) is 19.6 Å². The summed E-state index contributed by atoms with van der Waals surface area (Å²) < 4.78 is 27.5. The Bertz CT molecular complexity index is 1730. The number of nitriles is 1. The summed E-state index contributed by atoms with van der Waals surface area (Å²) >= 11 is 15.8.